The second-order valence-corrected chi connectivity index (χ2v) is 10.4. The number of rotatable bonds is 8. The Kier molecular flexibility index (Phi) is 6.72. The Morgan fingerprint density at radius 1 is 1.07 bits per heavy atom. The molecule has 2 atom stereocenters. The van der Waals surface area contributed by atoms with E-state index in [1.165, 1.54) is 0 Å². The van der Waals surface area contributed by atoms with E-state index < -0.39 is 21.5 Å². The van der Waals surface area contributed by atoms with Crippen molar-refractivity contribution in [2.45, 2.75) is 60.1 Å². The monoisotopic (exact) mass is 391 g/mol. The van der Waals surface area contributed by atoms with Gasteiger partial charge in [-0.15, -0.1) is 0 Å². The van der Waals surface area contributed by atoms with Gasteiger partial charge in [0, 0.05) is 12.0 Å². The third-order valence-electron chi connectivity index (χ3n) is 5.80. The van der Waals surface area contributed by atoms with Gasteiger partial charge in [-0.25, -0.2) is 13.1 Å². The van der Waals surface area contributed by atoms with E-state index in [1.807, 2.05) is 70.2 Å². The smallest absolute Gasteiger partial charge is 0.212 e. The summed E-state index contributed by atoms with van der Waals surface area (Å²) in [4.78, 5) is 0. The molecule has 0 aliphatic rings. The molecule has 2 N–H and O–H groups in total. The molecule has 2 aromatic rings. The fraction of sp³-hybridized carbons (Fsp3) is 0.545. The minimum atomic E-state index is -3.57. The van der Waals surface area contributed by atoms with Crippen LogP contribution in [0.4, 0.5) is 0 Å². The van der Waals surface area contributed by atoms with Gasteiger partial charge < -0.3 is 5.11 Å². The lowest BCUT2D eigenvalue weighted by molar-refractivity contribution is -0.0346. The molecule has 0 aliphatic carbocycles. The maximum atomic E-state index is 13.0. The fourth-order valence-corrected chi connectivity index (χ4v) is 6.06. The Bertz CT molecular complexity index is 863. The highest BCUT2D eigenvalue weighted by Crippen LogP contribution is 2.46. The third-order valence-corrected chi connectivity index (χ3v) is 7.28. The quantitative estimate of drug-likeness (QED) is 0.697. The van der Waals surface area contributed by atoms with Crippen molar-refractivity contribution in [2.75, 3.05) is 5.75 Å². The standard InChI is InChI=1S/C22H33NO3S/c1-6-14-22(17(2)24,21(3,4)5)16-27(25,26)23-15-19-12-9-11-18-10-7-8-13-20(18)19/h7-13,17,23-24H,6,14-16H2,1-5H3. The lowest BCUT2D eigenvalue weighted by atomic mass is 9.62. The summed E-state index contributed by atoms with van der Waals surface area (Å²) in [5.74, 6) is -0.0836. The van der Waals surface area contributed by atoms with Gasteiger partial charge in [0.2, 0.25) is 10.0 Å². The minimum Gasteiger partial charge on any atom is -0.393 e. The molecule has 5 heteroatoms. The van der Waals surface area contributed by atoms with Crippen LogP contribution in [0.25, 0.3) is 10.8 Å². The predicted octanol–water partition coefficient (Wildman–Crippen LogP) is 4.47. The van der Waals surface area contributed by atoms with Crippen LogP contribution in [0.3, 0.4) is 0 Å². The van der Waals surface area contributed by atoms with Crippen molar-refractivity contribution in [3.05, 3.63) is 48.0 Å². The van der Waals surface area contributed by atoms with E-state index in [0.717, 1.165) is 22.8 Å². The summed E-state index contributed by atoms with van der Waals surface area (Å²) >= 11 is 0. The van der Waals surface area contributed by atoms with Crippen molar-refractivity contribution in [3.63, 3.8) is 0 Å². The molecule has 27 heavy (non-hydrogen) atoms. The zero-order chi connectivity index (χ0) is 20.3. The number of aliphatic hydroxyl groups is 1. The van der Waals surface area contributed by atoms with Crippen LogP contribution in [0.15, 0.2) is 42.5 Å². The molecule has 4 nitrogen and oxygen atoms in total. The van der Waals surface area contributed by atoms with Gasteiger partial charge in [-0.1, -0.05) is 76.6 Å². The number of sulfonamides is 1. The molecule has 0 fully saturated rings. The molecule has 0 saturated heterocycles. The highest BCUT2D eigenvalue weighted by molar-refractivity contribution is 7.89. The first kappa shape index (κ1) is 21.9. The average Bonchev–Trinajstić information content (AvgIpc) is 2.58. The molecule has 2 unspecified atom stereocenters. The Balaban J connectivity index is 2.27. The van der Waals surface area contributed by atoms with Crippen LogP contribution in [0.1, 0.15) is 53.0 Å². The molecule has 150 valence electrons. The maximum Gasteiger partial charge on any atom is 0.212 e. The van der Waals surface area contributed by atoms with Crippen LogP contribution >= 0.6 is 0 Å². The number of benzene rings is 2. The molecule has 0 saturated carbocycles. The van der Waals surface area contributed by atoms with E-state index in [-0.39, 0.29) is 17.7 Å². The summed E-state index contributed by atoms with van der Waals surface area (Å²) in [6, 6.07) is 13.9. The van der Waals surface area contributed by atoms with Crippen molar-refractivity contribution in [1.82, 2.24) is 4.72 Å². The summed E-state index contributed by atoms with van der Waals surface area (Å²) in [6.45, 7) is 10.0. The first-order chi connectivity index (χ1) is 12.5. The van der Waals surface area contributed by atoms with Crippen LogP contribution < -0.4 is 4.72 Å². The van der Waals surface area contributed by atoms with Gasteiger partial charge in [0.1, 0.15) is 0 Å². The van der Waals surface area contributed by atoms with Gasteiger partial charge in [-0.3, -0.25) is 0 Å². The SMILES string of the molecule is CCCC(CS(=O)(=O)NCc1cccc2ccccc12)(C(C)O)C(C)(C)C. The van der Waals surface area contributed by atoms with Gasteiger partial charge in [0.05, 0.1) is 11.9 Å². The van der Waals surface area contributed by atoms with E-state index >= 15 is 0 Å². The van der Waals surface area contributed by atoms with E-state index in [1.54, 1.807) is 6.92 Å². The second kappa shape index (κ2) is 8.29. The zero-order valence-corrected chi connectivity index (χ0v) is 17.9. The Morgan fingerprint density at radius 3 is 2.30 bits per heavy atom. The fourth-order valence-electron chi connectivity index (χ4n) is 4.09. The first-order valence-corrected chi connectivity index (χ1v) is 11.3. The average molecular weight is 392 g/mol. The Morgan fingerprint density at radius 2 is 1.70 bits per heavy atom. The van der Waals surface area contributed by atoms with Crippen LogP contribution in [0.2, 0.25) is 0 Å². The summed E-state index contributed by atoms with van der Waals surface area (Å²) in [7, 11) is -3.57. The molecular formula is C22H33NO3S. The molecule has 0 heterocycles. The van der Waals surface area contributed by atoms with Gasteiger partial charge in [0.15, 0.2) is 0 Å². The van der Waals surface area contributed by atoms with Crippen molar-refractivity contribution in [1.29, 1.82) is 0 Å². The molecule has 0 spiro atoms. The number of fused-ring (bicyclic) bond motifs is 1. The largest absolute Gasteiger partial charge is 0.393 e. The topological polar surface area (TPSA) is 66.4 Å². The highest BCUT2D eigenvalue weighted by atomic mass is 32.2. The third kappa shape index (κ3) is 4.89. The summed E-state index contributed by atoms with van der Waals surface area (Å²) in [5.41, 5.74) is -0.0943. The lowest BCUT2D eigenvalue weighted by Gasteiger charge is -2.47. The number of hydrogen-bond acceptors (Lipinski definition) is 3. The minimum absolute atomic E-state index is 0.0836. The van der Waals surface area contributed by atoms with Gasteiger partial charge in [-0.05, 0) is 35.1 Å². The molecule has 0 amide bonds. The van der Waals surface area contributed by atoms with Gasteiger partial charge in [0.25, 0.3) is 0 Å². The maximum absolute atomic E-state index is 13.0. The van der Waals surface area contributed by atoms with Crippen LogP contribution in [-0.4, -0.2) is 25.4 Å². The lowest BCUT2D eigenvalue weighted by Crippen LogP contribution is -2.51. The second-order valence-electron chi connectivity index (χ2n) is 8.55. The molecule has 2 rings (SSSR count). The van der Waals surface area contributed by atoms with Crippen molar-refractivity contribution < 1.29 is 13.5 Å². The zero-order valence-electron chi connectivity index (χ0n) is 17.1. The van der Waals surface area contributed by atoms with E-state index in [4.69, 9.17) is 0 Å². The van der Waals surface area contributed by atoms with Crippen LogP contribution in [0.5, 0.6) is 0 Å². The first-order valence-electron chi connectivity index (χ1n) is 9.64. The number of nitrogens with one attached hydrogen (secondary N) is 1. The van der Waals surface area contributed by atoms with Crippen molar-refractivity contribution >= 4 is 20.8 Å². The Labute approximate surface area is 164 Å². The molecule has 0 aliphatic heterocycles. The van der Waals surface area contributed by atoms with Crippen LogP contribution in [-0.2, 0) is 16.6 Å². The molecule has 0 aromatic heterocycles. The normalized spacial score (nSPS) is 16.2. The summed E-state index contributed by atoms with van der Waals surface area (Å²) < 4.78 is 28.7. The molecule has 2 aromatic carbocycles. The number of aliphatic hydroxyl groups excluding tert-OH is 1. The highest BCUT2D eigenvalue weighted by Gasteiger charge is 2.48. The Hall–Kier alpha value is -1.43. The van der Waals surface area contributed by atoms with Crippen molar-refractivity contribution in [2.24, 2.45) is 10.8 Å². The van der Waals surface area contributed by atoms with Gasteiger partial charge in [-0.2, -0.15) is 0 Å². The van der Waals surface area contributed by atoms with E-state index in [2.05, 4.69) is 4.72 Å². The molecule has 0 radical (unpaired) electrons. The van der Waals surface area contributed by atoms with E-state index in [9.17, 15) is 13.5 Å². The number of hydrogen-bond donors (Lipinski definition) is 2. The predicted molar refractivity (Wildman–Crippen MR) is 113 cm³/mol. The molecular weight excluding hydrogens is 358 g/mol. The van der Waals surface area contributed by atoms with Crippen LogP contribution in [0, 0.1) is 10.8 Å². The summed E-state index contributed by atoms with van der Waals surface area (Å²) in [5, 5.41) is 12.7. The summed E-state index contributed by atoms with van der Waals surface area (Å²) in [6.07, 6.45) is 0.760. The molecule has 0 bridgehead atoms. The van der Waals surface area contributed by atoms with E-state index in [0.29, 0.717) is 6.42 Å². The van der Waals surface area contributed by atoms with Gasteiger partial charge >= 0.3 is 0 Å². The van der Waals surface area contributed by atoms with Crippen molar-refractivity contribution in [3.8, 4) is 0 Å².